The Labute approximate surface area is 181 Å². The second kappa shape index (κ2) is 8.97. The minimum Gasteiger partial charge on any atom is -0.381 e. The van der Waals surface area contributed by atoms with Crippen molar-refractivity contribution in [1.82, 2.24) is 14.7 Å². The summed E-state index contributed by atoms with van der Waals surface area (Å²) in [5, 5.41) is 0. The van der Waals surface area contributed by atoms with Crippen molar-refractivity contribution in [2.24, 2.45) is 0 Å². The lowest BCUT2D eigenvalue weighted by Gasteiger charge is -2.52. The van der Waals surface area contributed by atoms with Crippen LogP contribution in [0.5, 0.6) is 0 Å². The molecule has 0 atom stereocenters. The Kier molecular flexibility index (Phi) is 6.12. The molecule has 3 saturated heterocycles. The number of benzene rings is 1. The van der Waals surface area contributed by atoms with Gasteiger partial charge in [-0.3, -0.25) is 14.6 Å². The van der Waals surface area contributed by atoms with Crippen LogP contribution in [0, 0.1) is 0 Å². The minimum atomic E-state index is -0.385. The summed E-state index contributed by atoms with van der Waals surface area (Å²) in [4.78, 5) is 21.1. The molecule has 1 saturated carbocycles. The number of hydrogen-bond donors (Lipinski definition) is 0. The van der Waals surface area contributed by atoms with E-state index in [1.807, 2.05) is 6.07 Å². The number of ether oxygens (including phenoxy) is 1. The van der Waals surface area contributed by atoms with Gasteiger partial charge in [-0.2, -0.15) is 0 Å². The molecule has 0 N–H and O–H groups in total. The molecule has 5 rings (SSSR count). The van der Waals surface area contributed by atoms with Gasteiger partial charge in [-0.25, -0.2) is 0 Å². The van der Waals surface area contributed by atoms with Crippen LogP contribution in [0.25, 0.3) is 0 Å². The second-order valence-corrected chi connectivity index (χ2v) is 9.79. The summed E-state index contributed by atoms with van der Waals surface area (Å²) in [5.41, 5.74) is 0.785. The number of rotatable bonds is 4. The molecular formula is C25H37N3O2. The minimum absolute atomic E-state index is 0.328. The normalized spacial score (nSPS) is 27.0. The largest absolute Gasteiger partial charge is 0.381 e. The lowest BCUT2D eigenvalue weighted by atomic mass is 9.72. The number of nitrogens with zero attached hydrogens (tertiary/aromatic N) is 3. The molecule has 1 aromatic rings. The first-order valence-corrected chi connectivity index (χ1v) is 12.2. The van der Waals surface area contributed by atoms with Crippen LogP contribution in [-0.4, -0.2) is 85.2 Å². The fraction of sp³-hybridized carbons (Fsp3) is 0.720. The molecule has 5 nitrogen and oxygen atoms in total. The number of carbonyl (C=O) groups is 1. The summed E-state index contributed by atoms with van der Waals surface area (Å²) in [6.45, 7) is 7.92. The van der Waals surface area contributed by atoms with Gasteiger partial charge in [0.1, 0.15) is 0 Å². The van der Waals surface area contributed by atoms with Crippen LogP contribution in [0.4, 0.5) is 0 Å². The molecule has 3 aliphatic heterocycles. The number of amides is 1. The van der Waals surface area contributed by atoms with E-state index in [1.165, 1.54) is 63.8 Å². The Morgan fingerprint density at radius 1 is 0.833 bits per heavy atom. The van der Waals surface area contributed by atoms with E-state index in [9.17, 15) is 4.79 Å². The van der Waals surface area contributed by atoms with Crippen molar-refractivity contribution in [3.05, 3.63) is 35.9 Å². The van der Waals surface area contributed by atoms with Crippen molar-refractivity contribution < 1.29 is 9.53 Å². The van der Waals surface area contributed by atoms with E-state index in [4.69, 9.17) is 4.74 Å². The number of hydrogen-bond acceptors (Lipinski definition) is 4. The lowest BCUT2D eigenvalue weighted by Crippen LogP contribution is -2.67. The van der Waals surface area contributed by atoms with Crippen molar-refractivity contribution in [2.75, 3.05) is 52.5 Å². The van der Waals surface area contributed by atoms with E-state index < -0.39 is 0 Å². The van der Waals surface area contributed by atoms with Crippen LogP contribution >= 0.6 is 0 Å². The van der Waals surface area contributed by atoms with Gasteiger partial charge in [0.05, 0.1) is 5.41 Å². The highest BCUT2D eigenvalue weighted by atomic mass is 16.5. The van der Waals surface area contributed by atoms with Gasteiger partial charge in [-0.15, -0.1) is 0 Å². The molecule has 30 heavy (non-hydrogen) atoms. The third-order valence-corrected chi connectivity index (χ3v) is 8.19. The maximum absolute atomic E-state index is 13.6. The van der Waals surface area contributed by atoms with E-state index in [-0.39, 0.29) is 5.41 Å². The van der Waals surface area contributed by atoms with E-state index in [0.717, 1.165) is 32.0 Å². The predicted octanol–water partition coefficient (Wildman–Crippen LogP) is 2.90. The SMILES string of the molecule is O=C(N1CC(N2CCN(C3CCCCC3)CC2)C1)C1(c2ccccc2)CCOCC1. The molecule has 0 bridgehead atoms. The Bertz CT molecular complexity index is 698. The summed E-state index contributed by atoms with van der Waals surface area (Å²) in [6, 6.07) is 11.8. The van der Waals surface area contributed by atoms with Crippen LogP contribution in [0.15, 0.2) is 30.3 Å². The molecule has 4 aliphatic rings. The smallest absolute Gasteiger partial charge is 0.233 e. The van der Waals surface area contributed by atoms with Gasteiger partial charge in [0.25, 0.3) is 0 Å². The highest BCUT2D eigenvalue weighted by Crippen LogP contribution is 2.38. The molecule has 0 spiro atoms. The highest BCUT2D eigenvalue weighted by Gasteiger charge is 2.48. The van der Waals surface area contributed by atoms with Gasteiger partial charge >= 0.3 is 0 Å². The first-order chi connectivity index (χ1) is 14.8. The van der Waals surface area contributed by atoms with Crippen LogP contribution in [0.1, 0.15) is 50.5 Å². The Hall–Kier alpha value is -1.43. The van der Waals surface area contributed by atoms with Gasteiger partial charge in [-0.05, 0) is 31.2 Å². The quantitative estimate of drug-likeness (QED) is 0.763. The zero-order valence-electron chi connectivity index (χ0n) is 18.3. The average molecular weight is 412 g/mol. The van der Waals surface area contributed by atoms with E-state index in [2.05, 4.69) is 39.0 Å². The molecule has 1 amide bonds. The number of piperazine rings is 1. The molecule has 3 heterocycles. The van der Waals surface area contributed by atoms with Crippen molar-refractivity contribution in [3.8, 4) is 0 Å². The van der Waals surface area contributed by atoms with Gasteiger partial charge < -0.3 is 9.64 Å². The number of carbonyl (C=O) groups excluding carboxylic acids is 1. The summed E-state index contributed by atoms with van der Waals surface area (Å²) < 4.78 is 5.62. The predicted molar refractivity (Wildman–Crippen MR) is 119 cm³/mol. The zero-order chi connectivity index (χ0) is 20.4. The second-order valence-electron chi connectivity index (χ2n) is 9.79. The Morgan fingerprint density at radius 2 is 1.43 bits per heavy atom. The fourth-order valence-corrected chi connectivity index (χ4v) is 6.17. The maximum atomic E-state index is 13.6. The third-order valence-electron chi connectivity index (χ3n) is 8.19. The van der Waals surface area contributed by atoms with Gasteiger partial charge in [0.2, 0.25) is 5.91 Å². The fourth-order valence-electron chi connectivity index (χ4n) is 6.17. The molecule has 0 unspecified atom stereocenters. The van der Waals surface area contributed by atoms with Crippen molar-refractivity contribution in [1.29, 1.82) is 0 Å². The summed E-state index contributed by atoms with van der Waals surface area (Å²) in [7, 11) is 0. The van der Waals surface area contributed by atoms with Crippen LogP contribution < -0.4 is 0 Å². The van der Waals surface area contributed by atoms with E-state index in [1.54, 1.807) is 0 Å². The van der Waals surface area contributed by atoms with Crippen LogP contribution in [-0.2, 0) is 14.9 Å². The summed E-state index contributed by atoms with van der Waals surface area (Å²) in [5.74, 6) is 0.328. The molecule has 164 valence electrons. The maximum Gasteiger partial charge on any atom is 0.233 e. The summed E-state index contributed by atoms with van der Waals surface area (Å²) in [6.07, 6.45) is 8.67. The Balaban J connectivity index is 1.17. The average Bonchev–Trinajstić information content (AvgIpc) is 2.80. The van der Waals surface area contributed by atoms with E-state index >= 15 is 0 Å². The topological polar surface area (TPSA) is 36.0 Å². The number of likely N-dealkylation sites (tertiary alicyclic amines) is 1. The molecular weight excluding hydrogens is 374 g/mol. The third kappa shape index (κ3) is 3.92. The van der Waals surface area contributed by atoms with E-state index in [0.29, 0.717) is 25.2 Å². The van der Waals surface area contributed by atoms with Crippen molar-refractivity contribution in [2.45, 2.75) is 62.4 Å². The van der Waals surface area contributed by atoms with Crippen LogP contribution in [0.2, 0.25) is 0 Å². The van der Waals surface area contributed by atoms with Crippen molar-refractivity contribution >= 4 is 5.91 Å². The Morgan fingerprint density at radius 3 is 2.07 bits per heavy atom. The first kappa shape index (κ1) is 20.5. The monoisotopic (exact) mass is 411 g/mol. The van der Waals surface area contributed by atoms with Gasteiger partial charge in [0, 0.05) is 64.6 Å². The molecule has 4 fully saturated rings. The zero-order valence-corrected chi connectivity index (χ0v) is 18.3. The molecule has 0 aromatic heterocycles. The highest BCUT2D eigenvalue weighted by molar-refractivity contribution is 5.89. The van der Waals surface area contributed by atoms with Gasteiger partial charge in [-0.1, -0.05) is 49.6 Å². The standard InChI is InChI=1S/C25H37N3O2/c29-24(25(11-17-30-18-12-25)21-7-3-1-4-8-21)28-19-23(20-28)27-15-13-26(14-16-27)22-9-5-2-6-10-22/h1,3-4,7-8,22-23H,2,5-6,9-20H2. The molecule has 5 heteroatoms. The van der Waals surface area contributed by atoms with Gasteiger partial charge in [0.15, 0.2) is 0 Å². The summed E-state index contributed by atoms with van der Waals surface area (Å²) >= 11 is 0. The van der Waals surface area contributed by atoms with Crippen molar-refractivity contribution in [3.63, 3.8) is 0 Å². The molecule has 0 radical (unpaired) electrons. The molecule has 1 aliphatic carbocycles. The van der Waals surface area contributed by atoms with Crippen LogP contribution in [0.3, 0.4) is 0 Å². The molecule has 1 aromatic carbocycles. The first-order valence-electron chi connectivity index (χ1n) is 12.2. The lowest BCUT2D eigenvalue weighted by molar-refractivity contribution is -0.149.